The van der Waals surface area contributed by atoms with Gasteiger partial charge in [0, 0.05) is 30.5 Å². The summed E-state index contributed by atoms with van der Waals surface area (Å²) in [6, 6.07) is 12.8. The second-order valence-corrected chi connectivity index (χ2v) is 7.05. The monoisotopic (exact) mass is 312 g/mol. The number of benzene rings is 1. The summed E-state index contributed by atoms with van der Waals surface area (Å²) < 4.78 is 5.68. The Kier molecular flexibility index (Phi) is 3.74. The molecule has 2 saturated heterocycles. The van der Waals surface area contributed by atoms with Crippen LogP contribution in [0.4, 0.5) is 5.82 Å². The molecule has 1 aromatic carbocycles. The first-order valence-corrected chi connectivity index (χ1v) is 8.58. The summed E-state index contributed by atoms with van der Waals surface area (Å²) in [6.45, 7) is 4.26. The normalized spacial score (nSPS) is 31.7. The number of rotatable bonds is 2. The molecule has 3 heterocycles. The molecule has 2 fully saturated rings. The van der Waals surface area contributed by atoms with E-state index in [9.17, 15) is 5.11 Å². The summed E-state index contributed by atoms with van der Waals surface area (Å²) >= 11 is 0. The lowest BCUT2D eigenvalue weighted by molar-refractivity contribution is -0.108. The molecule has 0 radical (unpaired) electrons. The van der Waals surface area contributed by atoms with Gasteiger partial charge in [-0.3, -0.25) is 0 Å². The van der Waals surface area contributed by atoms with Gasteiger partial charge in [0.15, 0.2) is 0 Å². The Bertz CT molecular complexity index is 701. The third-order valence-electron chi connectivity index (χ3n) is 5.49. The molecule has 122 valence electrons. The molecule has 1 N–H and O–H groups in total. The van der Waals surface area contributed by atoms with Gasteiger partial charge in [0.2, 0.25) is 0 Å². The standard InChI is InChI=1S/C19H24N2O2/c1-19(22)10-12-23-13-15(19)17-7-4-11-21(17)18-9-8-14-5-2-3-6-16(14)20-18/h2-3,5-6,8-9,15,17,22H,4,7,10-13H2,1H3/t15-,17-,19-/m0/s1. The molecule has 2 aliphatic rings. The van der Waals surface area contributed by atoms with Crippen LogP contribution < -0.4 is 4.90 Å². The molecular weight excluding hydrogens is 288 g/mol. The highest BCUT2D eigenvalue weighted by atomic mass is 16.5. The lowest BCUT2D eigenvalue weighted by Gasteiger charge is -2.43. The molecule has 2 aromatic rings. The van der Waals surface area contributed by atoms with Crippen molar-refractivity contribution in [1.82, 2.24) is 4.98 Å². The van der Waals surface area contributed by atoms with Crippen molar-refractivity contribution in [3.63, 3.8) is 0 Å². The lowest BCUT2D eigenvalue weighted by Crippen LogP contribution is -2.52. The summed E-state index contributed by atoms with van der Waals surface area (Å²) in [7, 11) is 0. The fraction of sp³-hybridized carbons (Fsp3) is 0.526. The number of aliphatic hydroxyl groups is 1. The van der Waals surface area contributed by atoms with Crippen LogP contribution in [0.15, 0.2) is 36.4 Å². The molecule has 4 rings (SSSR count). The zero-order chi connectivity index (χ0) is 15.9. The summed E-state index contributed by atoms with van der Waals surface area (Å²) in [5.41, 5.74) is 0.379. The minimum Gasteiger partial charge on any atom is -0.390 e. The quantitative estimate of drug-likeness (QED) is 0.926. The number of hydrogen-bond acceptors (Lipinski definition) is 4. The van der Waals surface area contributed by atoms with E-state index in [-0.39, 0.29) is 5.92 Å². The average molecular weight is 312 g/mol. The van der Waals surface area contributed by atoms with Gasteiger partial charge < -0.3 is 14.7 Å². The van der Waals surface area contributed by atoms with Crippen molar-refractivity contribution in [2.75, 3.05) is 24.7 Å². The van der Waals surface area contributed by atoms with Crippen molar-refractivity contribution < 1.29 is 9.84 Å². The summed E-state index contributed by atoms with van der Waals surface area (Å²) in [6.07, 6.45) is 2.96. The third kappa shape index (κ3) is 2.70. The Morgan fingerprint density at radius 1 is 1.26 bits per heavy atom. The number of ether oxygens (including phenoxy) is 1. The second kappa shape index (κ2) is 5.77. The van der Waals surface area contributed by atoms with Crippen LogP contribution in [-0.4, -0.2) is 41.5 Å². The maximum absolute atomic E-state index is 10.8. The number of nitrogens with zero attached hydrogens (tertiary/aromatic N) is 2. The van der Waals surface area contributed by atoms with Crippen LogP contribution in [0.3, 0.4) is 0 Å². The Morgan fingerprint density at radius 3 is 3.00 bits per heavy atom. The molecule has 0 amide bonds. The van der Waals surface area contributed by atoms with E-state index in [0.717, 1.165) is 30.7 Å². The van der Waals surface area contributed by atoms with E-state index in [4.69, 9.17) is 9.72 Å². The van der Waals surface area contributed by atoms with Crippen LogP contribution in [0, 0.1) is 5.92 Å². The van der Waals surface area contributed by atoms with Crippen molar-refractivity contribution in [2.24, 2.45) is 5.92 Å². The molecule has 0 spiro atoms. The average Bonchev–Trinajstić information content (AvgIpc) is 3.03. The lowest BCUT2D eigenvalue weighted by atomic mass is 9.79. The van der Waals surface area contributed by atoms with Crippen molar-refractivity contribution in [2.45, 2.75) is 37.8 Å². The van der Waals surface area contributed by atoms with E-state index in [1.54, 1.807) is 0 Å². The maximum Gasteiger partial charge on any atom is 0.129 e. The van der Waals surface area contributed by atoms with Crippen molar-refractivity contribution in [3.8, 4) is 0 Å². The number of pyridine rings is 1. The van der Waals surface area contributed by atoms with Crippen LogP contribution in [0.2, 0.25) is 0 Å². The first-order chi connectivity index (χ1) is 11.1. The molecule has 0 saturated carbocycles. The Balaban J connectivity index is 1.66. The molecule has 2 aliphatic heterocycles. The number of fused-ring (bicyclic) bond motifs is 1. The molecular formula is C19H24N2O2. The van der Waals surface area contributed by atoms with Crippen molar-refractivity contribution in [3.05, 3.63) is 36.4 Å². The number of hydrogen-bond donors (Lipinski definition) is 1. The van der Waals surface area contributed by atoms with E-state index in [1.165, 1.54) is 5.39 Å². The molecule has 0 bridgehead atoms. The second-order valence-electron chi connectivity index (χ2n) is 7.05. The predicted octanol–water partition coefficient (Wildman–Crippen LogP) is 2.99. The fourth-order valence-electron chi connectivity index (χ4n) is 4.09. The summed E-state index contributed by atoms with van der Waals surface area (Å²) in [5, 5.41) is 12.0. The van der Waals surface area contributed by atoms with Gasteiger partial charge >= 0.3 is 0 Å². The molecule has 4 nitrogen and oxygen atoms in total. The van der Waals surface area contributed by atoms with Gasteiger partial charge in [-0.15, -0.1) is 0 Å². The van der Waals surface area contributed by atoms with Gasteiger partial charge in [-0.1, -0.05) is 18.2 Å². The first-order valence-electron chi connectivity index (χ1n) is 8.58. The number of anilines is 1. The topological polar surface area (TPSA) is 45.6 Å². The number of para-hydroxylation sites is 1. The molecule has 1 aromatic heterocycles. The summed E-state index contributed by atoms with van der Waals surface area (Å²) in [4.78, 5) is 7.23. The van der Waals surface area contributed by atoms with Crippen molar-refractivity contribution in [1.29, 1.82) is 0 Å². The van der Waals surface area contributed by atoms with Gasteiger partial charge in [-0.2, -0.15) is 0 Å². The largest absolute Gasteiger partial charge is 0.390 e. The third-order valence-corrected chi connectivity index (χ3v) is 5.49. The van der Waals surface area contributed by atoms with Crippen molar-refractivity contribution >= 4 is 16.7 Å². The van der Waals surface area contributed by atoms with Crippen LogP contribution in [0.25, 0.3) is 10.9 Å². The summed E-state index contributed by atoms with van der Waals surface area (Å²) in [5.74, 6) is 1.17. The van der Waals surface area contributed by atoms with Gasteiger partial charge in [-0.25, -0.2) is 4.98 Å². The smallest absolute Gasteiger partial charge is 0.129 e. The highest BCUT2D eigenvalue weighted by Crippen LogP contribution is 2.37. The van der Waals surface area contributed by atoms with Crippen LogP contribution in [0.1, 0.15) is 26.2 Å². The molecule has 23 heavy (non-hydrogen) atoms. The molecule has 0 aliphatic carbocycles. The van der Waals surface area contributed by atoms with Crippen LogP contribution in [-0.2, 0) is 4.74 Å². The zero-order valence-corrected chi connectivity index (χ0v) is 13.6. The van der Waals surface area contributed by atoms with E-state index >= 15 is 0 Å². The van der Waals surface area contributed by atoms with Gasteiger partial charge in [0.1, 0.15) is 5.82 Å². The van der Waals surface area contributed by atoms with E-state index in [0.29, 0.717) is 25.7 Å². The highest BCUT2D eigenvalue weighted by molar-refractivity contribution is 5.80. The molecule has 0 unspecified atom stereocenters. The van der Waals surface area contributed by atoms with Gasteiger partial charge in [-0.05, 0) is 44.4 Å². The molecule has 3 atom stereocenters. The number of aromatic nitrogens is 1. The zero-order valence-electron chi connectivity index (χ0n) is 13.6. The Labute approximate surface area is 137 Å². The Hall–Kier alpha value is -1.65. The van der Waals surface area contributed by atoms with E-state index in [2.05, 4.69) is 29.2 Å². The SMILES string of the molecule is C[C@]1(O)CCOC[C@H]1[C@@H]1CCCN1c1ccc2ccccc2n1. The van der Waals surface area contributed by atoms with E-state index < -0.39 is 5.60 Å². The Morgan fingerprint density at radius 2 is 2.13 bits per heavy atom. The van der Waals surface area contributed by atoms with Crippen LogP contribution in [0.5, 0.6) is 0 Å². The fourth-order valence-corrected chi connectivity index (χ4v) is 4.09. The first kappa shape index (κ1) is 14.9. The van der Waals surface area contributed by atoms with Gasteiger partial charge in [0.25, 0.3) is 0 Å². The predicted molar refractivity (Wildman–Crippen MR) is 91.7 cm³/mol. The highest BCUT2D eigenvalue weighted by Gasteiger charge is 2.44. The van der Waals surface area contributed by atoms with Gasteiger partial charge in [0.05, 0.1) is 17.7 Å². The maximum atomic E-state index is 10.8. The van der Waals surface area contributed by atoms with Crippen LogP contribution >= 0.6 is 0 Å². The minimum atomic E-state index is -0.650. The van der Waals surface area contributed by atoms with E-state index in [1.807, 2.05) is 19.1 Å². The molecule has 4 heteroatoms. The minimum absolute atomic E-state index is 0.145.